The number of ether oxygens (including phenoxy) is 1. The summed E-state index contributed by atoms with van der Waals surface area (Å²) >= 11 is 5.92. The molecule has 2 aliphatic carbocycles. The van der Waals surface area contributed by atoms with E-state index in [0.29, 0.717) is 16.3 Å². The Bertz CT molecular complexity index is 648. The minimum absolute atomic E-state index is 0.0821. The third-order valence-corrected chi connectivity index (χ3v) is 5.64. The maximum Gasteiger partial charge on any atom is 0.261 e. The first kappa shape index (κ1) is 15.0. The molecule has 0 radical (unpaired) electrons. The van der Waals surface area contributed by atoms with Crippen LogP contribution < -0.4 is 10.1 Å². The number of rotatable bonds is 2. The van der Waals surface area contributed by atoms with Gasteiger partial charge in [0, 0.05) is 11.1 Å². The summed E-state index contributed by atoms with van der Waals surface area (Å²) in [5, 5.41) is 3.61. The largest absolute Gasteiger partial charge is 0.479 e. The Morgan fingerprint density at radius 3 is 2.65 bits per heavy atom. The molecule has 122 valence electrons. The number of amides is 1. The van der Waals surface area contributed by atoms with E-state index in [4.69, 9.17) is 16.3 Å². The monoisotopic (exact) mass is 333 g/mol. The second-order valence-corrected chi connectivity index (χ2v) is 7.53. The molecule has 2 bridgehead atoms. The summed E-state index contributed by atoms with van der Waals surface area (Å²) in [5.41, 5.74) is 0.470. The third-order valence-electron chi connectivity index (χ3n) is 5.41. The van der Waals surface area contributed by atoms with Crippen LogP contribution in [0.25, 0.3) is 0 Å². The number of benzene rings is 1. The summed E-state index contributed by atoms with van der Waals surface area (Å²) in [7, 11) is 0. The number of Topliss-reactive ketones (excluding diaryl/α,β-unsaturated/α-hetero) is 1. The van der Waals surface area contributed by atoms with Crippen molar-refractivity contribution in [2.75, 3.05) is 0 Å². The van der Waals surface area contributed by atoms with Crippen molar-refractivity contribution in [3.8, 4) is 5.75 Å². The summed E-state index contributed by atoms with van der Waals surface area (Å²) in [5.74, 6) is 1.73. The number of hydrogen-bond acceptors (Lipinski definition) is 3. The summed E-state index contributed by atoms with van der Waals surface area (Å²) in [6, 6.07) is 5.17. The first-order valence-electron chi connectivity index (χ1n) is 8.38. The van der Waals surface area contributed by atoms with Gasteiger partial charge >= 0.3 is 0 Å². The smallest absolute Gasteiger partial charge is 0.261 e. The lowest BCUT2D eigenvalue weighted by Crippen LogP contribution is -2.47. The fraction of sp³-hybridized carbons (Fsp3) is 0.556. The van der Waals surface area contributed by atoms with Crippen molar-refractivity contribution in [2.45, 2.75) is 50.7 Å². The van der Waals surface area contributed by atoms with E-state index in [1.165, 1.54) is 19.3 Å². The zero-order valence-corrected chi connectivity index (χ0v) is 13.6. The van der Waals surface area contributed by atoms with Crippen LogP contribution in [-0.4, -0.2) is 23.8 Å². The highest BCUT2D eigenvalue weighted by molar-refractivity contribution is 6.31. The zero-order chi connectivity index (χ0) is 16.0. The molecule has 3 aliphatic rings. The van der Waals surface area contributed by atoms with Crippen LogP contribution in [0.15, 0.2) is 18.2 Å². The maximum absolute atomic E-state index is 12.5. The number of fused-ring (bicyclic) bond motifs is 3. The molecule has 1 heterocycles. The van der Waals surface area contributed by atoms with Crippen molar-refractivity contribution in [2.24, 2.45) is 11.8 Å². The molecule has 2 saturated carbocycles. The summed E-state index contributed by atoms with van der Waals surface area (Å²) < 4.78 is 5.74. The highest BCUT2D eigenvalue weighted by Gasteiger charge is 2.37. The Balaban J connectivity index is 1.43. The second-order valence-electron chi connectivity index (χ2n) is 7.10. The van der Waals surface area contributed by atoms with Crippen LogP contribution in [0, 0.1) is 11.8 Å². The van der Waals surface area contributed by atoms with Crippen LogP contribution in [0.1, 0.15) is 48.9 Å². The molecule has 1 N–H and O–H groups in total. The van der Waals surface area contributed by atoms with Gasteiger partial charge in [-0.3, -0.25) is 9.59 Å². The van der Waals surface area contributed by atoms with Gasteiger partial charge in [0.1, 0.15) is 5.75 Å². The molecule has 2 fully saturated rings. The zero-order valence-electron chi connectivity index (χ0n) is 12.9. The van der Waals surface area contributed by atoms with E-state index < -0.39 is 6.10 Å². The molecule has 0 saturated heterocycles. The van der Waals surface area contributed by atoms with Gasteiger partial charge in [-0.15, -0.1) is 0 Å². The lowest BCUT2D eigenvalue weighted by molar-refractivity contribution is -0.129. The average molecular weight is 334 g/mol. The normalized spacial score (nSPS) is 32.1. The molecule has 4 nitrogen and oxygen atoms in total. The summed E-state index contributed by atoms with van der Waals surface area (Å²) in [4.78, 5) is 24.7. The van der Waals surface area contributed by atoms with Gasteiger partial charge in [-0.05, 0) is 49.3 Å². The quantitative estimate of drug-likeness (QED) is 0.902. The molecule has 1 amide bonds. The Morgan fingerprint density at radius 1 is 1.17 bits per heavy atom. The minimum atomic E-state index is -0.726. The van der Waals surface area contributed by atoms with Crippen LogP contribution in [0.2, 0.25) is 5.02 Å². The lowest BCUT2D eigenvalue weighted by Gasteiger charge is -2.31. The van der Waals surface area contributed by atoms with Crippen molar-refractivity contribution < 1.29 is 14.3 Å². The summed E-state index contributed by atoms with van der Waals surface area (Å²) in [6.45, 7) is 0. The van der Waals surface area contributed by atoms with Gasteiger partial charge in [0.2, 0.25) is 0 Å². The minimum Gasteiger partial charge on any atom is -0.479 e. The molecule has 1 aliphatic heterocycles. The van der Waals surface area contributed by atoms with E-state index in [9.17, 15) is 9.59 Å². The molecule has 1 aromatic rings. The van der Waals surface area contributed by atoms with Crippen LogP contribution >= 0.6 is 11.6 Å². The molecule has 4 rings (SSSR count). The van der Waals surface area contributed by atoms with Crippen molar-refractivity contribution in [1.82, 2.24) is 5.32 Å². The molecule has 1 aromatic carbocycles. The number of halogens is 1. The van der Waals surface area contributed by atoms with E-state index >= 15 is 0 Å². The van der Waals surface area contributed by atoms with Gasteiger partial charge in [0.25, 0.3) is 5.91 Å². The molecule has 1 unspecified atom stereocenters. The van der Waals surface area contributed by atoms with E-state index in [1.807, 2.05) is 0 Å². The molecule has 4 atom stereocenters. The maximum atomic E-state index is 12.5. The predicted octanol–water partition coefficient (Wildman–Crippen LogP) is 3.37. The first-order chi connectivity index (χ1) is 11.1. The van der Waals surface area contributed by atoms with Crippen molar-refractivity contribution in [1.29, 1.82) is 0 Å². The van der Waals surface area contributed by atoms with E-state index in [-0.39, 0.29) is 24.2 Å². The fourth-order valence-corrected chi connectivity index (χ4v) is 4.53. The van der Waals surface area contributed by atoms with Crippen LogP contribution in [0.4, 0.5) is 0 Å². The molecule has 0 spiro atoms. The summed E-state index contributed by atoms with van der Waals surface area (Å²) in [6.07, 6.45) is 5.39. The second kappa shape index (κ2) is 5.82. The topological polar surface area (TPSA) is 55.4 Å². The van der Waals surface area contributed by atoms with Crippen LogP contribution in [0.5, 0.6) is 5.75 Å². The lowest BCUT2D eigenvalue weighted by atomic mass is 9.85. The molecule has 0 aromatic heterocycles. The average Bonchev–Trinajstić information content (AvgIpc) is 2.86. The third kappa shape index (κ3) is 2.97. The van der Waals surface area contributed by atoms with E-state index in [1.54, 1.807) is 18.2 Å². The molecular weight excluding hydrogens is 314 g/mol. The first-order valence-corrected chi connectivity index (χ1v) is 8.76. The number of carbonyl (C=O) groups is 2. The van der Waals surface area contributed by atoms with E-state index in [2.05, 4.69) is 5.32 Å². The predicted molar refractivity (Wildman–Crippen MR) is 86.8 cm³/mol. The highest BCUT2D eigenvalue weighted by atomic mass is 35.5. The Labute approximate surface area is 140 Å². The van der Waals surface area contributed by atoms with Gasteiger partial charge < -0.3 is 10.1 Å². The SMILES string of the molecule is O=C1C[C@H](C(=O)NC2C[C@H]3CC[C@@H](C2)C3)Oc2ccc(Cl)cc21. The van der Waals surface area contributed by atoms with Gasteiger partial charge in [-0.1, -0.05) is 24.4 Å². The number of ketones is 1. The Morgan fingerprint density at radius 2 is 1.91 bits per heavy atom. The molecule has 23 heavy (non-hydrogen) atoms. The van der Waals surface area contributed by atoms with Gasteiger partial charge in [0.15, 0.2) is 11.9 Å². The highest BCUT2D eigenvalue weighted by Crippen LogP contribution is 2.42. The Kier molecular flexibility index (Phi) is 3.80. The van der Waals surface area contributed by atoms with E-state index in [0.717, 1.165) is 24.7 Å². The van der Waals surface area contributed by atoms with Crippen molar-refractivity contribution in [3.05, 3.63) is 28.8 Å². The van der Waals surface area contributed by atoms with Gasteiger partial charge in [-0.2, -0.15) is 0 Å². The number of nitrogens with one attached hydrogen (secondary N) is 1. The molecule has 5 heteroatoms. The van der Waals surface area contributed by atoms with Crippen molar-refractivity contribution >= 4 is 23.3 Å². The number of hydrogen-bond donors (Lipinski definition) is 1. The van der Waals surface area contributed by atoms with Gasteiger partial charge in [0.05, 0.1) is 12.0 Å². The molecular formula is C18H20ClNO3. The fourth-order valence-electron chi connectivity index (χ4n) is 4.36. The standard InChI is InChI=1S/C18H20ClNO3/c19-12-3-4-16-14(8-12)15(21)9-17(23-16)18(22)20-13-6-10-1-2-11(5-10)7-13/h3-4,8,10-11,13,17H,1-2,5-7,9H2,(H,20,22)/t10-,11+,13?,17-/m1/s1. The number of carbonyl (C=O) groups excluding carboxylic acids is 2. The van der Waals surface area contributed by atoms with Crippen molar-refractivity contribution in [3.63, 3.8) is 0 Å². The van der Waals surface area contributed by atoms with Crippen LogP contribution in [-0.2, 0) is 4.79 Å². The Hall–Kier alpha value is -1.55. The van der Waals surface area contributed by atoms with Crippen LogP contribution in [0.3, 0.4) is 0 Å². The van der Waals surface area contributed by atoms with Gasteiger partial charge in [-0.25, -0.2) is 0 Å².